The summed E-state index contributed by atoms with van der Waals surface area (Å²) < 4.78 is 1.02. The molecule has 2 rings (SSSR count). The van der Waals surface area contributed by atoms with Gasteiger partial charge in [-0.3, -0.25) is 0 Å². The third-order valence-corrected chi connectivity index (χ3v) is 3.41. The molecule has 0 aliphatic heterocycles. The molecule has 5 heteroatoms. The van der Waals surface area contributed by atoms with E-state index in [1.807, 2.05) is 43.3 Å². The standard InChI is InChI=1S/C14H17BrN4/c1-10(16)8-9-17-14-7-6-13(18-19-14)11-4-2-3-5-12(11)15/h2-7,10H,8-9,16H2,1H3,(H,17,19). The molecule has 3 N–H and O–H groups in total. The van der Waals surface area contributed by atoms with E-state index >= 15 is 0 Å². The van der Waals surface area contributed by atoms with Gasteiger partial charge in [-0.15, -0.1) is 10.2 Å². The van der Waals surface area contributed by atoms with Crippen LogP contribution in [0.25, 0.3) is 11.3 Å². The van der Waals surface area contributed by atoms with E-state index in [-0.39, 0.29) is 6.04 Å². The lowest BCUT2D eigenvalue weighted by atomic mass is 10.1. The molecule has 4 nitrogen and oxygen atoms in total. The molecule has 19 heavy (non-hydrogen) atoms. The van der Waals surface area contributed by atoms with Gasteiger partial charge in [0.2, 0.25) is 0 Å². The molecule has 100 valence electrons. The molecule has 0 aliphatic carbocycles. The van der Waals surface area contributed by atoms with E-state index in [2.05, 4.69) is 31.4 Å². The minimum atomic E-state index is 0.194. The van der Waals surface area contributed by atoms with Crippen molar-refractivity contribution >= 4 is 21.7 Å². The Kier molecular flexibility index (Phi) is 4.87. The van der Waals surface area contributed by atoms with Crippen LogP contribution in [0.4, 0.5) is 5.82 Å². The molecule has 0 amide bonds. The van der Waals surface area contributed by atoms with Crippen LogP contribution in [-0.4, -0.2) is 22.8 Å². The van der Waals surface area contributed by atoms with Crippen LogP contribution in [0, 0.1) is 0 Å². The van der Waals surface area contributed by atoms with Crippen LogP contribution < -0.4 is 11.1 Å². The van der Waals surface area contributed by atoms with Gasteiger partial charge in [0.1, 0.15) is 5.82 Å². The fraction of sp³-hybridized carbons (Fsp3) is 0.286. The molecule has 0 aliphatic rings. The molecule has 0 radical (unpaired) electrons. The maximum Gasteiger partial charge on any atom is 0.148 e. The number of nitrogens with zero attached hydrogens (tertiary/aromatic N) is 2. The number of rotatable bonds is 5. The van der Waals surface area contributed by atoms with Gasteiger partial charge in [0, 0.05) is 22.6 Å². The van der Waals surface area contributed by atoms with Crippen molar-refractivity contribution in [3.8, 4) is 11.3 Å². The van der Waals surface area contributed by atoms with Crippen LogP contribution in [0.3, 0.4) is 0 Å². The average molecular weight is 321 g/mol. The van der Waals surface area contributed by atoms with Gasteiger partial charge in [-0.1, -0.05) is 34.1 Å². The average Bonchev–Trinajstić information content (AvgIpc) is 2.40. The van der Waals surface area contributed by atoms with E-state index < -0.39 is 0 Å². The van der Waals surface area contributed by atoms with E-state index in [4.69, 9.17) is 5.73 Å². The van der Waals surface area contributed by atoms with Crippen LogP contribution in [0.5, 0.6) is 0 Å². The summed E-state index contributed by atoms with van der Waals surface area (Å²) in [5, 5.41) is 11.6. The maximum absolute atomic E-state index is 5.69. The van der Waals surface area contributed by atoms with Gasteiger partial charge < -0.3 is 11.1 Å². The topological polar surface area (TPSA) is 63.8 Å². The number of anilines is 1. The Balaban J connectivity index is 2.04. The summed E-state index contributed by atoms with van der Waals surface area (Å²) in [7, 11) is 0. The Bertz CT molecular complexity index is 525. The molecule has 0 saturated carbocycles. The van der Waals surface area contributed by atoms with E-state index in [0.717, 1.165) is 34.5 Å². The molecular formula is C14H17BrN4. The third kappa shape index (κ3) is 4.01. The monoisotopic (exact) mass is 320 g/mol. The number of benzene rings is 1. The molecular weight excluding hydrogens is 304 g/mol. The minimum Gasteiger partial charge on any atom is -0.369 e. The Morgan fingerprint density at radius 3 is 2.63 bits per heavy atom. The molecule has 0 spiro atoms. The van der Waals surface area contributed by atoms with E-state index in [1.54, 1.807) is 0 Å². The SMILES string of the molecule is CC(N)CCNc1ccc(-c2ccccc2Br)nn1. The van der Waals surface area contributed by atoms with Crippen molar-refractivity contribution in [2.24, 2.45) is 5.73 Å². The Labute approximate surface area is 121 Å². The smallest absolute Gasteiger partial charge is 0.148 e. The predicted molar refractivity (Wildman–Crippen MR) is 81.9 cm³/mol. The van der Waals surface area contributed by atoms with Crippen LogP contribution in [0.2, 0.25) is 0 Å². The van der Waals surface area contributed by atoms with E-state index in [0.29, 0.717) is 0 Å². The van der Waals surface area contributed by atoms with Gasteiger partial charge in [-0.25, -0.2) is 0 Å². The van der Waals surface area contributed by atoms with Crippen molar-refractivity contribution in [1.29, 1.82) is 0 Å². The number of halogens is 1. The van der Waals surface area contributed by atoms with Gasteiger partial charge in [0.15, 0.2) is 0 Å². The van der Waals surface area contributed by atoms with Gasteiger partial charge in [0.05, 0.1) is 5.69 Å². The molecule has 0 bridgehead atoms. The second-order valence-electron chi connectivity index (χ2n) is 4.48. The van der Waals surface area contributed by atoms with Crippen molar-refractivity contribution in [3.63, 3.8) is 0 Å². The number of hydrogen-bond acceptors (Lipinski definition) is 4. The highest BCUT2D eigenvalue weighted by atomic mass is 79.9. The number of nitrogens with one attached hydrogen (secondary N) is 1. The lowest BCUT2D eigenvalue weighted by Crippen LogP contribution is -2.19. The second-order valence-corrected chi connectivity index (χ2v) is 5.33. The fourth-order valence-electron chi connectivity index (χ4n) is 1.67. The van der Waals surface area contributed by atoms with Crippen molar-refractivity contribution in [2.45, 2.75) is 19.4 Å². The van der Waals surface area contributed by atoms with E-state index in [1.165, 1.54) is 0 Å². The summed E-state index contributed by atoms with van der Waals surface area (Å²) in [4.78, 5) is 0. The molecule has 1 unspecified atom stereocenters. The highest BCUT2D eigenvalue weighted by Gasteiger charge is 2.04. The van der Waals surface area contributed by atoms with Crippen LogP contribution >= 0.6 is 15.9 Å². The van der Waals surface area contributed by atoms with Gasteiger partial charge in [-0.2, -0.15) is 0 Å². The van der Waals surface area contributed by atoms with Crippen molar-refractivity contribution < 1.29 is 0 Å². The molecule has 1 aromatic heterocycles. The molecule has 0 saturated heterocycles. The van der Waals surface area contributed by atoms with Crippen molar-refractivity contribution in [3.05, 3.63) is 40.9 Å². The zero-order chi connectivity index (χ0) is 13.7. The number of hydrogen-bond donors (Lipinski definition) is 2. The minimum absolute atomic E-state index is 0.194. The summed E-state index contributed by atoms with van der Waals surface area (Å²) in [6.45, 7) is 2.80. The van der Waals surface area contributed by atoms with Gasteiger partial charge in [0.25, 0.3) is 0 Å². The highest BCUT2D eigenvalue weighted by molar-refractivity contribution is 9.10. The van der Waals surface area contributed by atoms with Crippen LogP contribution in [0.15, 0.2) is 40.9 Å². The maximum atomic E-state index is 5.69. The lowest BCUT2D eigenvalue weighted by Gasteiger charge is -2.08. The van der Waals surface area contributed by atoms with E-state index in [9.17, 15) is 0 Å². The first-order chi connectivity index (χ1) is 9.16. The zero-order valence-corrected chi connectivity index (χ0v) is 12.4. The summed E-state index contributed by atoms with van der Waals surface area (Å²) in [5.74, 6) is 0.774. The summed E-state index contributed by atoms with van der Waals surface area (Å²) >= 11 is 3.51. The summed E-state index contributed by atoms with van der Waals surface area (Å²) in [6.07, 6.45) is 0.910. The Hall–Kier alpha value is -1.46. The van der Waals surface area contributed by atoms with Crippen molar-refractivity contribution in [2.75, 3.05) is 11.9 Å². The summed E-state index contributed by atoms with van der Waals surface area (Å²) in [5.41, 5.74) is 7.58. The summed E-state index contributed by atoms with van der Waals surface area (Å²) in [6, 6.07) is 12.1. The number of nitrogens with two attached hydrogens (primary N) is 1. The normalized spacial score (nSPS) is 12.2. The highest BCUT2D eigenvalue weighted by Crippen LogP contribution is 2.26. The molecule has 1 heterocycles. The Morgan fingerprint density at radius 2 is 2.00 bits per heavy atom. The van der Waals surface area contributed by atoms with Crippen molar-refractivity contribution in [1.82, 2.24) is 10.2 Å². The molecule has 1 aromatic carbocycles. The lowest BCUT2D eigenvalue weighted by molar-refractivity contribution is 0.688. The Morgan fingerprint density at radius 1 is 1.21 bits per heavy atom. The first kappa shape index (κ1) is 14.0. The van der Waals surface area contributed by atoms with Crippen LogP contribution in [0.1, 0.15) is 13.3 Å². The molecule has 0 fully saturated rings. The second kappa shape index (κ2) is 6.63. The van der Waals surface area contributed by atoms with Crippen LogP contribution in [-0.2, 0) is 0 Å². The first-order valence-electron chi connectivity index (χ1n) is 6.25. The fourth-order valence-corrected chi connectivity index (χ4v) is 2.15. The quantitative estimate of drug-likeness (QED) is 0.888. The first-order valence-corrected chi connectivity index (χ1v) is 7.04. The van der Waals surface area contributed by atoms with Gasteiger partial charge in [-0.05, 0) is 31.5 Å². The zero-order valence-electron chi connectivity index (χ0n) is 10.8. The third-order valence-electron chi connectivity index (χ3n) is 2.72. The van der Waals surface area contributed by atoms with Gasteiger partial charge >= 0.3 is 0 Å². The largest absolute Gasteiger partial charge is 0.369 e. The predicted octanol–water partition coefficient (Wildman–Crippen LogP) is 3.06. The molecule has 1 atom stereocenters. The number of aromatic nitrogens is 2. The molecule has 2 aromatic rings.